The lowest BCUT2D eigenvalue weighted by atomic mass is 10.3. The van der Waals surface area contributed by atoms with Crippen LogP contribution in [0.15, 0.2) is 0 Å². The highest BCUT2D eigenvalue weighted by Crippen LogP contribution is 2.21. The Bertz CT molecular complexity index is 344. The van der Waals surface area contributed by atoms with Gasteiger partial charge >= 0.3 is 0 Å². The molecule has 0 atom stereocenters. The van der Waals surface area contributed by atoms with Crippen molar-refractivity contribution in [2.75, 3.05) is 25.7 Å². The van der Waals surface area contributed by atoms with Crippen LogP contribution < -0.4 is 16.0 Å². The van der Waals surface area contributed by atoms with Crippen LogP contribution in [0.4, 0.5) is 5.82 Å². The van der Waals surface area contributed by atoms with Crippen LogP contribution in [-0.4, -0.2) is 30.3 Å². The molecular weight excluding hydrogens is 208 g/mol. The molecule has 0 radical (unpaired) electrons. The molecule has 1 heterocycles. The quantitative estimate of drug-likeness (QED) is 0.421. The summed E-state index contributed by atoms with van der Waals surface area (Å²) >= 11 is 0. The van der Waals surface area contributed by atoms with Gasteiger partial charge < -0.3 is 14.9 Å². The fourth-order valence-corrected chi connectivity index (χ4v) is 1.20. The van der Waals surface area contributed by atoms with Crippen molar-refractivity contribution in [3.63, 3.8) is 0 Å². The Morgan fingerprint density at radius 1 is 1.31 bits per heavy atom. The summed E-state index contributed by atoms with van der Waals surface area (Å²) in [4.78, 5) is 8.53. The molecule has 0 saturated carbocycles. The van der Waals surface area contributed by atoms with Crippen LogP contribution in [0.1, 0.15) is 18.3 Å². The average Bonchev–Trinajstić information content (AvgIpc) is 2.31. The lowest BCUT2D eigenvalue weighted by molar-refractivity contribution is 0.143. The Hall–Kier alpha value is -1.40. The van der Waals surface area contributed by atoms with Crippen molar-refractivity contribution in [3.05, 3.63) is 11.4 Å². The predicted octanol–water partition coefficient (Wildman–Crippen LogP) is 0.658. The topological polar surface area (TPSA) is 82.3 Å². The summed E-state index contributed by atoms with van der Waals surface area (Å²) in [5.74, 6) is 7.23. The van der Waals surface area contributed by atoms with E-state index in [0.29, 0.717) is 30.7 Å². The van der Waals surface area contributed by atoms with Crippen LogP contribution in [0, 0.1) is 6.92 Å². The average molecular weight is 226 g/mol. The smallest absolute Gasteiger partial charge is 0.221 e. The molecule has 1 aromatic rings. The van der Waals surface area contributed by atoms with Crippen LogP contribution in [0.2, 0.25) is 0 Å². The molecule has 0 fully saturated rings. The van der Waals surface area contributed by atoms with Gasteiger partial charge in [-0.25, -0.2) is 10.8 Å². The van der Waals surface area contributed by atoms with Gasteiger partial charge in [-0.3, -0.25) is 0 Å². The number of rotatable bonds is 6. The second-order valence-electron chi connectivity index (χ2n) is 3.26. The maximum atomic E-state index is 5.49. The monoisotopic (exact) mass is 226 g/mol. The molecule has 6 heteroatoms. The fraction of sp³-hybridized carbons (Fsp3) is 0.600. The number of hydrogen-bond acceptors (Lipinski definition) is 6. The summed E-state index contributed by atoms with van der Waals surface area (Å²) < 4.78 is 10.4. The first-order valence-electron chi connectivity index (χ1n) is 5.18. The van der Waals surface area contributed by atoms with E-state index in [4.69, 9.17) is 15.3 Å². The zero-order chi connectivity index (χ0) is 12.0. The van der Waals surface area contributed by atoms with Crippen molar-refractivity contribution in [3.8, 4) is 5.88 Å². The van der Waals surface area contributed by atoms with Crippen LogP contribution in [-0.2, 0) is 11.2 Å². The van der Waals surface area contributed by atoms with E-state index in [-0.39, 0.29) is 0 Å². The highest BCUT2D eigenvalue weighted by molar-refractivity contribution is 5.47. The number of hydrazine groups is 1. The molecule has 90 valence electrons. The van der Waals surface area contributed by atoms with Crippen LogP contribution in [0.5, 0.6) is 5.88 Å². The number of anilines is 1. The van der Waals surface area contributed by atoms with Crippen molar-refractivity contribution >= 4 is 5.82 Å². The van der Waals surface area contributed by atoms with E-state index in [1.54, 1.807) is 7.11 Å². The largest absolute Gasteiger partial charge is 0.475 e. The first kappa shape index (κ1) is 12.7. The molecule has 0 aromatic carbocycles. The van der Waals surface area contributed by atoms with E-state index in [1.807, 2.05) is 13.8 Å². The predicted molar refractivity (Wildman–Crippen MR) is 61.3 cm³/mol. The maximum Gasteiger partial charge on any atom is 0.221 e. The summed E-state index contributed by atoms with van der Waals surface area (Å²) in [6.45, 7) is 4.82. The first-order chi connectivity index (χ1) is 7.72. The lowest BCUT2D eigenvalue weighted by Gasteiger charge is -2.12. The molecule has 1 rings (SSSR count). The first-order valence-corrected chi connectivity index (χ1v) is 5.18. The number of nitrogens with one attached hydrogen (secondary N) is 1. The number of aromatic nitrogens is 2. The van der Waals surface area contributed by atoms with E-state index < -0.39 is 0 Å². The zero-order valence-electron chi connectivity index (χ0n) is 9.91. The second-order valence-corrected chi connectivity index (χ2v) is 3.26. The van der Waals surface area contributed by atoms with Crippen molar-refractivity contribution in [2.45, 2.75) is 20.3 Å². The Balaban J connectivity index is 2.88. The second kappa shape index (κ2) is 6.24. The fourth-order valence-electron chi connectivity index (χ4n) is 1.20. The molecule has 0 aliphatic rings. The number of aryl methyl sites for hydroxylation is 1. The molecule has 0 aliphatic carbocycles. The van der Waals surface area contributed by atoms with Crippen LogP contribution in [0.3, 0.4) is 0 Å². The van der Waals surface area contributed by atoms with Crippen molar-refractivity contribution in [1.29, 1.82) is 0 Å². The lowest BCUT2D eigenvalue weighted by Crippen LogP contribution is -2.14. The highest BCUT2D eigenvalue weighted by Gasteiger charge is 2.10. The number of hydrogen-bond donors (Lipinski definition) is 2. The van der Waals surface area contributed by atoms with Gasteiger partial charge in [-0.15, -0.1) is 0 Å². The van der Waals surface area contributed by atoms with Crippen molar-refractivity contribution < 1.29 is 9.47 Å². The van der Waals surface area contributed by atoms with Crippen LogP contribution >= 0.6 is 0 Å². The van der Waals surface area contributed by atoms with E-state index in [0.717, 1.165) is 12.0 Å². The molecule has 0 unspecified atom stereocenters. The summed E-state index contributed by atoms with van der Waals surface area (Å²) in [7, 11) is 1.63. The number of nitrogens with two attached hydrogens (primary N) is 1. The maximum absolute atomic E-state index is 5.49. The Kier molecular flexibility index (Phi) is 4.94. The third-order valence-electron chi connectivity index (χ3n) is 2.13. The van der Waals surface area contributed by atoms with Gasteiger partial charge in [-0.2, -0.15) is 4.98 Å². The SMILES string of the molecule is CCc1nc(NN)c(C)c(OCCOC)n1. The van der Waals surface area contributed by atoms with Gasteiger partial charge in [-0.1, -0.05) is 6.92 Å². The zero-order valence-corrected chi connectivity index (χ0v) is 9.91. The van der Waals surface area contributed by atoms with Crippen molar-refractivity contribution in [2.24, 2.45) is 5.84 Å². The minimum Gasteiger partial charge on any atom is -0.475 e. The third kappa shape index (κ3) is 3.04. The molecule has 0 bridgehead atoms. The summed E-state index contributed by atoms with van der Waals surface area (Å²) in [6, 6.07) is 0. The van der Waals surface area contributed by atoms with Gasteiger partial charge in [0.2, 0.25) is 5.88 Å². The third-order valence-corrected chi connectivity index (χ3v) is 2.13. The Morgan fingerprint density at radius 3 is 2.62 bits per heavy atom. The summed E-state index contributed by atoms with van der Waals surface area (Å²) in [5, 5.41) is 0. The van der Waals surface area contributed by atoms with Gasteiger partial charge in [0.1, 0.15) is 18.2 Å². The number of nitrogen functional groups attached to an aromatic ring is 1. The molecule has 0 saturated heterocycles. The molecule has 3 N–H and O–H groups in total. The Labute approximate surface area is 95.1 Å². The van der Waals surface area contributed by atoms with E-state index in [1.165, 1.54) is 0 Å². The van der Waals surface area contributed by atoms with Gasteiger partial charge in [0.15, 0.2) is 0 Å². The molecule has 16 heavy (non-hydrogen) atoms. The normalized spacial score (nSPS) is 10.2. The van der Waals surface area contributed by atoms with E-state index in [2.05, 4.69) is 15.4 Å². The molecule has 0 aliphatic heterocycles. The van der Waals surface area contributed by atoms with Crippen LogP contribution in [0.25, 0.3) is 0 Å². The molecule has 0 spiro atoms. The standard InChI is InChI=1S/C10H18N4O2/c1-4-8-12-9(14-11)7(2)10(13-8)16-6-5-15-3/h4-6,11H2,1-3H3,(H,12,13,14). The Morgan fingerprint density at radius 2 is 2.06 bits per heavy atom. The minimum absolute atomic E-state index is 0.460. The van der Waals surface area contributed by atoms with Gasteiger partial charge in [-0.05, 0) is 6.92 Å². The molecule has 6 nitrogen and oxygen atoms in total. The molecule has 1 aromatic heterocycles. The number of nitrogens with zero attached hydrogens (tertiary/aromatic N) is 2. The summed E-state index contributed by atoms with van der Waals surface area (Å²) in [5.41, 5.74) is 3.34. The highest BCUT2D eigenvalue weighted by atomic mass is 16.5. The number of methoxy groups -OCH3 is 1. The summed E-state index contributed by atoms with van der Waals surface area (Å²) in [6.07, 6.45) is 0.732. The minimum atomic E-state index is 0.460. The molecule has 0 amide bonds. The van der Waals surface area contributed by atoms with E-state index >= 15 is 0 Å². The van der Waals surface area contributed by atoms with Gasteiger partial charge in [0.25, 0.3) is 0 Å². The van der Waals surface area contributed by atoms with Gasteiger partial charge in [0, 0.05) is 13.5 Å². The number of ether oxygens (including phenoxy) is 2. The van der Waals surface area contributed by atoms with Gasteiger partial charge in [0.05, 0.1) is 12.2 Å². The molecular formula is C10H18N4O2. The van der Waals surface area contributed by atoms with Crippen molar-refractivity contribution in [1.82, 2.24) is 9.97 Å². The van der Waals surface area contributed by atoms with E-state index in [9.17, 15) is 0 Å².